The molecule has 0 N–H and O–H groups in total. The van der Waals surface area contributed by atoms with Crippen molar-refractivity contribution in [1.29, 1.82) is 0 Å². The van der Waals surface area contributed by atoms with Crippen LogP contribution in [0.25, 0.3) is 0 Å². The summed E-state index contributed by atoms with van der Waals surface area (Å²) >= 11 is 0. The number of hydrogen-bond donors (Lipinski definition) is 0. The van der Waals surface area contributed by atoms with Crippen molar-refractivity contribution in [3.63, 3.8) is 0 Å². The first-order valence-electron chi connectivity index (χ1n) is 13.5. The van der Waals surface area contributed by atoms with Gasteiger partial charge in [0, 0.05) is 0 Å². The summed E-state index contributed by atoms with van der Waals surface area (Å²) in [5.74, 6) is 0.942. The second kappa shape index (κ2) is 24.8. The number of rotatable bonds is 23. The Hall–Kier alpha value is -0.260. The molecule has 1 unspecified atom stereocenters. The van der Waals surface area contributed by atoms with Gasteiger partial charge in [-0.1, -0.05) is 148 Å². The molecule has 28 heavy (non-hydrogen) atoms. The van der Waals surface area contributed by atoms with Crippen LogP contribution in [0.1, 0.15) is 162 Å². The van der Waals surface area contributed by atoms with Crippen molar-refractivity contribution in [2.75, 3.05) is 0 Å². The van der Waals surface area contributed by atoms with E-state index in [1.807, 2.05) is 0 Å². The minimum Gasteiger partial charge on any atom is -0.0885 e. The molecule has 0 fully saturated rings. The Labute approximate surface area is 180 Å². The average molecular weight is 393 g/mol. The third-order valence-corrected chi connectivity index (χ3v) is 6.41. The minimum atomic E-state index is 0.942. The van der Waals surface area contributed by atoms with Crippen LogP contribution >= 0.6 is 0 Å². The molecular weight excluding hydrogens is 336 g/mol. The maximum atomic E-state index is 2.45. The van der Waals surface area contributed by atoms with Gasteiger partial charge in [0.1, 0.15) is 0 Å². The smallest absolute Gasteiger partial charge is 0.0351 e. The first-order valence-corrected chi connectivity index (χ1v) is 13.5. The zero-order chi connectivity index (χ0) is 20.5. The van der Waals surface area contributed by atoms with Crippen LogP contribution < -0.4 is 0 Å². The van der Waals surface area contributed by atoms with E-state index in [-0.39, 0.29) is 0 Å². The van der Waals surface area contributed by atoms with Gasteiger partial charge in [0.25, 0.3) is 0 Å². The fourth-order valence-corrected chi connectivity index (χ4v) is 4.01. The summed E-state index contributed by atoms with van der Waals surface area (Å²) in [5.41, 5.74) is 0. The van der Waals surface area contributed by atoms with Crippen LogP contribution in [-0.4, -0.2) is 0 Å². The maximum Gasteiger partial charge on any atom is -0.0351 e. The van der Waals surface area contributed by atoms with Crippen molar-refractivity contribution >= 4 is 0 Å². The van der Waals surface area contributed by atoms with Crippen molar-refractivity contribution in [2.24, 2.45) is 5.92 Å². The zero-order valence-corrected chi connectivity index (χ0v) is 20.3. The lowest BCUT2D eigenvalue weighted by Gasteiger charge is -2.07. The number of unbranched alkanes of at least 4 members (excludes halogenated alkanes) is 18. The van der Waals surface area contributed by atoms with E-state index in [9.17, 15) is 0 Å². The number of allylic oxidation sites excluding steroid dienone is 2. The third-order valence-electron chi connectivity index (χ3n) is 6.41. The van der Waals surface area contributed by atoms with Crippen LogP contribution in [-0.2, 0) is 0 Å². The molecule has 1 atom stereocenters. The Morgan fingerprint density at radius 1 is 0.464 bits per heavy atom. The lowest BCUT2D eigenvalue weighted by atomic mass is 9.99. The van der Waals surface area contributed by atoms with Gasteiger partial charge in [-0.25, -0.2) is 0 Å². The summed E-state index contributed by atoms with van der Waals surface area (Å²) < 4.78 is 0. The quantitative estimate of drug-likeness (QED) is 0.120. The van der Waals surface area contributed by atoms with Gasteiger partial charge in [0.05, 0.1) is 0 Å². The van der Waals surface area contributed by atoms with E-state index in [0.29, 0.717) is 0 Å². The Balaban J connectivity index is 3.09. The van der Waals surface area contributed by atoms with Crippen LogP contribution in [0.4, 0.5) is 0 Å². The largest absolute Gasteiger partial charge is 0.0885 e. The van der Waals surface area contributed by atoms with E-state index in [1.54, 1.807) is 0 Å². The lowest BCUT2D eigenvalue weighted by Crippen LogP contribution is -1.91. The lowest BCUT2D eigenvalue weighted by molar-refractivity contribution is 0.470. The first kappa shape index (κ1) is 27.7. The summed E-state index contributed by atoms with van der Waals surface area (Å²) in [6, 6.07) is 0. The standard InChI is InChI=1S/C28H56/c1-4-6-7-8-9-10-11-12-13-14-15-16-17-18-19-20-21-22-23-24-25-26-27-28(3)5-2/h17-18,28H,4-16,19-27H2,1-3H3/b18-17-. The van der Waals surface area contributed by atoms with Crippen LogP contribution in [0.2, 0.25) is 0 Å². The molecule has 0 aliphatic heterocycles. The van der Waals surface area contributed by atoms with Crippen molar-refractivity contribution in [3.8, 4) is 0 Å². The van der Waals surface area contributed by atoms with E-state index < -0.39 is 0 Å². The van der Waals surface area contributed by atoms with Gasteiger partial charge in [-0.05, 0) is 31.6 Å². The molecule has 0 nitrogen and oxygen atoms in total. The highest BCUT2D eigenvalue weighted by Gasteiger charge is 1.98. The zero-order valence-electron chi connectivity index (χ0n) is 20.3. The normalized spacial score (nSPS) is 12.8. The van der Waals surface area contributed by atoms with Crippen LogP contribution in [0, 0.1) is 5.92 Å². The SMILES string of the molecule is CCCCCCCCCCCCC/C=C\CCCCCCCCCC(C)CC. The fraction of sp³-hybridized carbons (Fsp3) is 0.929. The molecule has 0 spiro atoms. The molecule has 0 heteroatoms. The molecule has 0 bridgehead atoms. The molecule has 0 aromatic carbocycles. The second-order valence-electron chi connectivity index (χ2n) is 9.36. The topological polar surface area (TPSA) is 0 Å². The summed E-state index contributed by atoms with van der Waals surface area (Å²) in [6.45, 7) is 7.01. The van der Waals surface area contributed by atoms with Crippen LogP contribution in [0.5, 0.6) is 0 Å². The molecule has 0 aromatic heterocycles. The summed E-state index contributed by atoms with van der Waals surface area (Å²) in [4.78, 5) is 0. The van der Waals surface area contributed by atoms with Gasteiger partial charge in [0.2, 0.25) is 0 Å². The Morgan fingerprint density at radius 2 is 0.821 bits per heavy atom. The number of hydrogen-bond acceptors (Lipinski definition) is 0. The Kier molecular flexibility index (Phi) is 24.5. The molecule has 0 saturated heterocycles. The van der Waals surface area contributed by atoms with Crippen molar-refractivity contribution < 1.29 is 0 Å². The van der Waals surface area contributed by atoms with Gasteiger partial charge in [-0.2, -0.15) is 0 Å². The molecule has 0 aliphatic rings. The molecule has 168 valence electrons. The molecule has 0 aromatic rings. The van der Waals surface area contributed by atoms with Crippen molar-refractivity contribution in [2.45, 2.75) is 162 Å². The van der Waals surface area contributed by atoms with Gasteiger partial charge >= 0.3 is 0 Å². The molecule has 0 radical (unpaired) electrons. The highest BCUT2D eigenvalue weighted by molar-refractivity contribution is 4.81. The van der Waals surface area contributed by atoms with Crippen LogP contribution in [0.15, 0.2) is 12.2 Å². The molecule has 0 aliphatic carbocycles. The predicted octanol–water partition coefficient (Wildman–Crippen LogP) is 10.8. The van der Waals surface area contributed by atoms with E-state index in [0.717, 1.165) is 5.92 Å². The predicted molar refractivity (Wildman–Crippen MR) is 131 cm³/mol. The highest BCUT2D eigenvalue weighted by atomic mass is 14.0. The Bertz CT molecular complexity index is 290. The molecular formula is C28H56. The highest BCUT2D eigenvalue weighted by Crippen LogP contribution is 2.15. The second-order valence-corrected chi connectivity index (χ2v) is 9.36. The van der Waals surface area contributed by atoms with Gasteiger partial charge in [-0.15, -0.1) is 0 Å². The van der Waals surface area contributed by atoms with E-state index in [2.05, 4.69) is 32.9 Å². The third kappa shape index (κ3) is 23.8. The van der Waals surface area contributed by atoms with Crippen LogP contribution in [0.3, 0.4) is 0 Å². The van der Waals surface area contributed by atoms with Crippen molar-refractivity contribution in [1.82, 2.24) is 0 Å². The maximum absolute atomic E-state index is 2.45. The summed E-state index contributed by atoms with van der Waals surface area (Å²) in [7, 11) is 0. The molecule has 0 rings (SSSR count). The average Bonchev–Trinajstić information content (AvgIpc) is 2.71. The molecule has 0 saturated carbocycles. The summed E-state index contributed by atoms with van der Waals surface area (Å²) in [5, 5.41) is 0. The molecule has 0 amide bonds. The molecule has 0 heterocycles. The first-order chi connectivity index (χ1) is 13.8. The van der Waals surface area contributed by atoms with Gasteiger partial charge in [0.15, 0.2) is 0 Å². The fourth-order valence-electron chi connectivity index (χ4n) is 4.01. The van der Waals surface area contributed by atoms with E-state index >= 15 is 0 Å². The summed E-state index contributed by atoms with van der Waals surface area (Å²) in [6.07, 6.45) is 36.4. The van der Waals surface area contributed by atoms with E-state index in [4.69, 9.17) is 0 Å². The Morgan fingerprint density at radius 3 is 1.21 bits per heavy atom. The monoisotopic (exact) mass is 392 g/mol. The van der Waals surface area contributed by atoms with Gasteiger partial charge in [-0.3, -0.25) is 0 Å². The minimum absolute atomic E-state index is 0.942. The van der Waals surface area contributed by atoms with Gasteiger partial charge < -0.3 is 0 Å². The van der Waals surface area contributed by atoms with Crippen molar-refractivity contribution in [3.05, 3.63) is 12.2 Å². The van der Waals surface area contributed by atoms with E-state index in [1.165, 1.54) is 141 Å².